The van der Waals surface area contributed by atoms with Crippen molar-refractivity contribution in [3.05, 3.63) is 46.7 Å². The zero-order chi connectivity index (χ0) is 19.5. The van der Waals surface area contributed by atoms with Crippen molar-refractivity contribution in [2.45, 2.75) is 25.7 Å². The van der Waals surface area contributed by atoms with Crippen LogP contribution in [0.4, 0.5) is 11.4 Å². The number of hydrogen-bond donors (Lipinski definition) is 1. The number of thiophene rings is 1. The number of carbonyl (C=O) groups excluding carboxylic acids is 3. The molecule has 3 heterocycles. The predicted molar refractivity (Wildman–Crippen MR) is 110 cm³/mol. The van der Waals surface area contributed by atoms with Crippen LogP contribution < -0.4 is 10.2 Å². The Balaban J connectivity index is 1.38. The maximum absolute atomic E-state index is 12.8. The Labute approximate surface area is 168 Å². The van der Waals surface area contributed by atoms with E-state index < -0.39 is 0 Å². The van der Waals surface area contributed by atoms with E-state index in [1.807, 2.05) is 46.7 Å². The number of piperidine rings is 1. The Bertz CT molecular complexity index is 873. The van der Waals surface area contributed by atoms with Gasteiger partial charge in [0.25, 0.3) is 5.91 Å². The fourth-order valence-corrected chi connectivity index (χ4v) is 4.54. The van der Waals surface area contributed by atoms with Crippen LogP contribution in [-0.2, 0) is 9.59 Å². The van der Waals surface area contributed by atoms with E-state index in [2.05, 4.69) is 5.32 Å². The van der Waals surface area contributed by atoms with E-state index >= 15 is 0 Å². The summed E-state index contributed by atoms with van der Waals surface area (Å²) in [6, 6.07) is 11.2. The summed E-state index contributed by atoms with van der Waals surface area (Å²) < 4.78 is 0. The largest absolute Gasteiger partial charge is 0.338 e. The molecule has 2 aromatic rings. The minimum Gasteiger partial charge on any atom is -0.338 e. The third-order valence-electron chi connectivity index (χ3n) is 5.41. The quantitative estimate of drug-likeness (QED) is 0.860. The second-order valence-corrected chi connectivity index (χ2v) is 8.15. The first kappa shape index (κ1) is 18.7. The minimum absolute atomic E-state index is 0.0395. The smallest absolute Gasteiger partial charge is 0.263 e. The maximum Gasteiger partial charge on any atom is 0.263 e. The van der Waals surface area contributed by atoms with E-state index in [0.717, 1.165) is 17.0 Å². The number of likely N-dealkylation sites (tertiary alicyclic amines) is 1. The van der Waals surface area contributed by atoms with Gasteiger partial charge < -0.3 is 15.1 Å². The average molecular weight is 398 g/mol. The van der Waals surface area contributed by atoms with Crippen LogP contribution in [0.3, 0.4) is 0 Å². The van der Waals surface area contributed by atoms with Gasteiger partial charge in [0.15, 0.2) is 0 Å². The number of carbonyl (C=O) groups is 3. The maximum atomic E-state index is 12.8. The van der Waals surface area contributed by atoms with Crippen LogP contribution in [0.25, 0.3) is 0 Å². The number of nitrogens with zero attached hydrogens (tertiary/aromatic N) is 2. The second kappa shape index (κ2) is 8.14. The normalized spacial score (nSPS) is 17.8. The monoisotopic (exact) mass is 397 g/mol. The highest BCUT2D eigenvalue weighted by atomic mass is 32.1. The van der Waals surface area contributed by atoms with Gasteiger partial charge in [-0.1, -0.05) is 18.2 Å². The molecule has 0 saturated carbocycles. The number of amides is 3. The molecule has 0 bridgehead atoms. The van der Waals surface area contributed by atoms with E-state index in [9.17, 15) is 14.4 Å². The third-order valence-corrected chi connectivity index (χ3v) is 6.27. The van der Waals surface area contributed by atoms with Gasteiger partial charge in [-0.05, 0) is 42.8 Å². The number of rotatable bonds is 4. The van der Waals surface area contributed by atoms with Crippen molar-refractivity contribution in [3.8, 4) is 0 Å². The van der Waals surface area contributed by atoms with Crippen LogP contribution in [0.5, 0.6) is 0 Å². The minimum atomic E-state index is -0.130. The summed E-state index contributed by atoms with van der Waals surface area (Å²) >= 11 is 1.44. The zero-order valence-electron chi connectivity index (χ0n) is 15.6. The highest BCUT2D eigenvalue weighted by Crippen LogP contribution is 2.30. The summed E-state index contributed by atoms with van der Waals surface area (Å²) in [6.45, 7) is 1.86. The SMILES string of the molecule is O=C(Nc1ccccc1N1CCCC1=O)C1CCN(C(=O)c2cccs2)CC1. The predicted octanol–water partition coefficient (Wildman–Crippen LogP) is 3.37. The summed E-state index contributed by atoms with van der Waals surface area (Å²) in [5, 5.41) is 4.91. The molecule has 0 atom stereocenters. The van der Waals surface area contributed by atoms with E-state index in [4.69, 9.17) is 0 Å². The van der Waals surface area contributed by atoms with Gasteiger partial charge in [0.05, 0.1) is 16.3 Å². The lowest BCUT2D eigenvalue weighted by molar-refractivity contribution is -0.121. The van der Waals surface area contributed by atoms with Crippen molar-refractivity contribution in [1.82, 2.24) is 4.90 Å². The van der Waals surface area contributed by atoms with Crippen LogP contribution in [0.2, 0.25) is 0 Å². The first-order chi connectivity index (χ1) is 13.6. The Morgan fingerprint density at radius 2 is 1.82 bits per heavy atom. The second-order valence-electron chi connectivity index (χ2n) is 7.20. The molecule has 2 aliphatic heterocycles. The fourth-order valence-electron chi connectivity index (χ4n) is 3.85. The summed E-state index contributed by atoms with van der Waals surface area (Å²) in [4.78, 5) is 41.7. The molecule has 2 fully saturated rings. The van der Waals surface area contributed by atoms with Gasteiger partial charge >= 0.3 is 0 Å². The molecule has 2 aliphatic rings. The average Bonchev–Trinajstić information content (AvgIpc) is 3.40. The summed E-state index contributed by atoms with van der Waals surface area (Å²) in [6.07, 6.45) is 2.69. The first-order valence-electron chi connectivity index (χ1n) is 9.66. The molecule has 7 heteroatoms. The lowest BCUT2D eigenvalue weighted by Gasteiger charge is -2.31. The molecule has 1 aromatic heterocycles. The number of para-hydroxylation sites is 2. The highest BCUT2D eigenvalue weighted by molar-refractivity contribution is 7.12. The Morgan fingerprint density at radius 3 is 2.50 bits per heavy atom. The molecule has 1 aromatic carbocycles. The number of hydrogen-bond acceptors (Lipinski definition) is 4. The van der Waals surface area contributed by atoms with Crippen molar-refractivity contribution in [1.29, 1.82) is 0 Å². The van der Waals surface area contributed by atoms with Gasteiger partial charge in [0.2, 0.25) is 11.8 Å². The van der Waals surface area contributed by atoms with Crippen molar-refractivity contribution >= 4 is 40.4 Å². The molecule has 0 unspecified atom stereocenters. The van der Waals surface area contributed by atoms with Gasteiger partial charge in [-0.3, -0.25) is 14.4 Å². The van der Waals surface area contributed by atoms with Crippen LogP contribution in [0, 0.1) is 5.92 Å². The van der Waals surface area contributed by atoms with E-state index in [0.29, 0.717) is 44.6 Å². The number of nitrogens with one attached hydrogen (secondary N) is 1. The van der Waals surface area contributed by atoms with Gasteiger partial charge in [0, 0.05) is 32.0 Å². The zero-order valence-corrected chi connectivity index (χ0v) is 16.4. The Hall–Kier alpha value is -2.67. The molecular formula is C21H23N3O3S. The van der Waals surface area contributed by atoms with Crippen molar-refractivity contribution < 1.29 is 14.4 Å². The molecule has 4 rings (SSSR count). The van der Waals surface area contributed by atoms with Gasteiger partial charge in [-0.25, -0.2) is 0 Å². The molecule has 0 radical (unpaired) electrons. The van der Waals surface area contributed by atoms with Gasteiger partial charge in [-0.15, -0.1) is 11.3 Å². The number of anilines is 2. The standard InChI is InChI=1S/C21H23N3O3S/c25-19-8-3-11-24(19)17-6-2-1-5-16(17)22-20(26)15-9-12-23(13-10-15)21(27)18-7-4-14-28-18/h1-2,4-7,14-15H,3,8-13H2,(H,22,26). The van der Waals surface area contributed by atoms with Crippen molar-refractivity contribution in [2.24, 2.45) is 5.92 Å². The molecule has 1 N–H and O–H groups in total. The lowest BCUT2D eigenvalue weighted by Crippen LogP contribution is -2.41. The fraction of sp³-hybridized carbons (Fsp3) is 0.381. The third kappa shape index (κ3) is 3.80. The van der Waals surface area contributed by atoms with Crippen molar-refractivity contribution in [2.75, 3.05) is 29.9 Å². The molecule has 146 valence electrons. The Morgan fingerprint density at radius 1 is 1.04 bits per heavy atom. The van der Waals surface area contributed by atoms with E-state index in [1.165, 1.54) is 11.3 Å². The molecule has 0 aliphatic carbocycles. The van der Waals surface area contributed by atoms with Crippen molar-refractivity contribution in [3.63, 3.8) is 0 Å². The summed E-state index contributed by atoms with van der Waals surface area (Å²) in [7, 11) is 0. The van der Waals surface area contributed by atoms with E-state index in [1.54, 1.807) is 4.90 Å². The van der Waals surface area contributed by atoms with E-state index in [-0.39, 0.29) is 23.6 Å². The number of benzene rings is 1. The summed E-state index contributed by atoms with van der Waals surface area (Å²) in [5.74, 6) is -0.0223. The Kier molecular flexibility index (Phi) is 5.43. The molecular weight excluding hydrogens is 374 g/mol. The summed E-state index contributed by atoms with van der Waals surface area (Å²) in [5.41, 5.74) is 1.45. The van der Waals surface area contributed by atoms with Crippen LogP contribution in [0.15, 0.2) is 41.8 Å². The highest BCUT2D eigenvalue weighted by Gasteiger charge is 2.29. The van der Waals surface area contributed by atoms with Crippen LogP contribution >= 0.6 is 11.3 Å². The van der Waals surface area contributed by atoms with Crippen LogP contribution in [0.1, 0.15) is 35.4 Å². The van der Waals surface area contributed by atoms with Gasteiger partial charge in [0.1, 0.15) is 0 Å². The molecule has 0 spiro atoms. The first-order valence-corrected chi connectivity index (χ1v) is 10.5. The molecule has 2 saturated heterocycles. The molecule has 6 nitrogen and oxygen atoms in total. The van der Waals surface area contributed by atoms with Gasteiger partial charge in [-0.2, -0.15) is 0 Å². The molecule has 28 heavy (non-hydrogen) atoms. The molecule has 3 amide bonds. The lowest BCUT2D eigenvalue weighted by atomic mass is 9.95. The topological polar surface area (TPSA) is 69.7 Å². The van der Waals surface area contributed by atoms with Crippen LogP contribution in [-0.4, -0.2) is 42.3 Å².